The van der Waals surface area contributed by atoms with E-state index in [1.165, 1.54) is 0 Å². The van der Waals surface area contributed by atoms with Gasteiger partial charge < -0.3 is 10.8 Å². The number of nitrogens with two attached hydrogens (primary N) is 1. The van der Waals surface area contributed by atoms with E-state index in [2.05, 4.69) is 0 Å². The Bertz CT molecular complexity index is 91.1. The van der Waals surface area contributed by atoms with Gasteiger partial charge in [-0.25, -0.2) is 0 Å². The van der Waals surface area contributed by atoms with E-state index in [4.69, 9.17) is 10.8 Å². The Kier molecular flexibility index (Phi) is 5.41. The van der Waals surface area contributed by atoms with Gasteiger partial charge in [-0.2, -0.15) is 0 Å². The molecular formula is C6H15NO2. The molecule has 0 radical (unpaired) electrons. The van der Waals surface area contributed by atoms with Crippen molar-refractivity contribution in [1.82, 2.24) is 0 Å². The maximum absolute atomic E-state index is 10.0. The third-order valence-electron chi connectivity index (χ3n) is 1.00. The molecule has 0 heterocycles. The molecule has 0 aliphatic heterocycles. The first-order chi connectivity index (χ1) is 3.55. The van der Waals surface area contributed by atoms with Gasteiger partial charge in [0, 0.05) is 0 Å². The van der Waals surface area contributed by atoms with E-state index in [-0.39, 0.29) is 13.3 Å². The Hall–Kier alpha value is -0.570. The highest BCUT2D eigenvalue weighted by atomic mass is 16.4. The molecule has 1 atom stereocenters. The van der Waals surface area contributed by atoms with Gasteiger partial charge in [-0.15, -0.1) is 0 Å². The predicted octanol–water partition coefficient (Wildman–Crippen LogP) is 0.690. The lowest BCUT2D eigenvalue weighted by molar-refractivity contribution is -0.139. The standard InChI is InChI=1S/C5H11NO2.CH4/c1-3(2)4(6)5(7)8;/h3-4H,6H2,1-2H3,(H,7,8);1H4. The summed E-state index contributed by atoms with van der Waals surface area (Å²) in [4.78, 5) is 10.0. The second-order valence-corrected chi connectivity index (χ2v) is 2.11. The van der Waals surface area contributed by atoms with Gasteiger partial charge in [0.05, 0.1) is 0 Å². The number of hydrogen-bond donors (Lipinski definition) is 2. The summed E-state index contributed by atoms with van der Waals surface area (Å²) < 4.78 is 0. The van der Waals surface area contributed by atoms with Crippen LogP contribution >= 0.6 is 0 Å². The molecule has 0 amide bonds. The lowest BCUT2D eigenvalue weighted by Gasteiger charge is -2.07. The van der Waals surface area contributed by atoms with Gasteiger partial charge in [-0.05, 0) is 5.92 Å². The van der Waals surface area contributed by atoms with Crippen molar-refractivity contribution in [3.05, 3.63) is 0 Å². The van der Waals surface area contributed by atoms with Gasteiger partial charge in [0.1, 0.15) is 6.04 Å². The van der Waals surface area contributed by atoms with E-state index in [0.717, 1.165) is 0 Å². The summed E-state index contributed by atoms with van der Waals surface area (Å²) in [6, 6.07) is -0.713. The number of carboxylic acid groups (broad SMARTS) is 1. The Morgan fingerprint density at radius 1 is 1.56 bits per heavy atom. The summed E-state index contributed by atoms with van der Waals surface area (Å²) in [6.45, 7) is 3.55. The Morgan fingerprint density at radius 2 is 1.89 bits per heavy atom. The Labute approximate surface area is 55.9 Å². The first-order valence-corrected chi connectivity index (χ1v) is 2.54. The normalized spacial score (nSPS) is 12.4. The summed E-state index contributed by atoms with van der Waals surface area (Å²) in [5.41, 5.74) is 5.16. The number of carboxylic acids is 1. The third-order valence-corrected chi connectivity index (χ3v) is 1.00. The maximum Gasteiger partial charge on any atom is 0.320 e. The highest BCUT2D eigenvalue weighted by molar-refractivity contribution is 5.73. The molecule has 0 aromatic rings. The smallest absolute Gasteiger partial charge is 0.320 e. The number of carbonyl (C=O) groups is 1. The van der Waals surface area contributed by atoms with Gasteiger partial charge in [-0.1, -0.05) is 21.3 Å². The van der Waals surface area contributed by atoms with Crippen LogP contribution in [0.1, 0.15) is 21.3 Å². The molecule has 0 saturated heterocycles. The second-order valence-electron chi connectivity index (χ2n) is 2.11. The van der Waals surface area contributed by atoms with E-state index in [1.807, 2.05) is 0 Å². The van der Waals surface area contributed by atoms with Crippen molar-refractivity contribution in [1.29, 1.82) is 0 Å². The van der Waals surface area contributed by atoms with Crippen molar-refractivity contribution in [3.8, 4) is 0 Å². The first-order valence-electron chi connectivity index (χ1n) is 2.54. The predicted molar refractivity (Wildman–Crippen MR) is 37.2 cm³/mol. The van der Waals surface area contributed by atoms with Crippen LogP contribution < -0.4 is 5.73 Å². The van der Waals surface area contributed by atoms with Gasteiger partial charge in [-0.3, -0.25) is 4.79 Å². The molecule has 0 aliphatic carbocycles. The van der Waals surface area contributed by atoms with Gasteiger partial charge >= 0.3 is 5.97 Å². The summed E-state index contributed by atoms with van der Waals surface area (Å²) in [5, 5.41) is 8.23. The van der Waals surface area contributed by atoms with Gasteiger partial charge in [0.15, 0.2) is 0 Å². The fourth-order valence-electron chi connectivity index (χ4n) is 0.285. The summed E-state index contributed by atoms with van der Waals surface area (Å²) >= 11 is 0. The minimum absolute atomic E-state index is 0. The van der Waals surface area contributed by atoms with Crippen molar-refractivity contribution in [2.45, 2.75) is 27.3 Å². The van der Waals surface area contributed by atoms with Crippen LogP contribution in [0.15, 0.2) is 0 Å². The molecule has 0 spiro atoms. The summed E-state index contributed by atoms with van der Waals surface area (Å²) in [5.74, 6) is -0.910. The molecule has 1 unspecified atom stereocenters. The molecule has 3 N–H and O–H groups in total. The second kappa shape index (κ2) is 4.32. The van der Waals surface area contributed by atoms with Crippen LogP contribution in [0.25, 0.3) is 0 Å². The molecule has 56 valence electrons. The number of hydrogen-bond acceptors (Lipinski definition) is 2. The van der Waals surface area contributed by atoms with E-state index in [0.29, 0.717) is 0 Å². The SMILES string of the molecule is C.CC(C)C(N)C(=O)O. The van der Waals surface area contributed by atoms with Crippen molar-refractivity contribution in [2.75, 3.05) is 0 Å². The van der Waals surface area contributed by atoms with Crippen LogP contribution in [-0.2, 0) is 4.79 Å². The molecule has 3 nitrogen and oxygen atoms in total. The lowest BCUT2D eigenvalue weighted by Crippen LogP contribution is -2.34. The maximum atomic E-state index is 10.0. The first kappa shape index (κ1) is 11.3. The Morgan fingerprint density at radius 3 is 1.89 bits per heavy atom. The van der Waals surface area contributed by atoms with Crippen LogP contribution in [0.5, 0.6) is 0 Å². The summed E-state index contributed by atoms with van der Waals surface area (Å²) in [7, 11) is 0. The van der Waals surface area contributed by atoms with Crippen molar-refractivity contribution >= 4 is 5.97 Å². The fourth-order valence-corrected chi connectivity index (χ4v) is 0.285. The Balaban J connectivity index is 0. The van der Waals surface area contributed by atoms with Crippen molar-refractivity contribution in [2.24, 2.45) is 11.7 Å². The number of rotatable bonds is 2. The molecule has 0 aliphatic rings. The lowest BCUT2D eigenvalue weighted by atomic mass is 10.1. The molecule has 0 aromatic heterocycles. The molecular weight excluding hydrogens is 118 g/mol. The highest BCUT2D eigenvalue weighted by Gasteiger charge is 2.14. The molecule has 0 saturated carbocycles. The minimum atomic E-state index is -0.931. The average molecular weight is 133 g/mol. The molecule has 3 heteroatoms. The van der Waals surface area contributed by atoms with Gasteiger partial charge in [0.2, 0.25) is 0 Å². The monoisotopic (exact) mass is 133 g/mol. The zero-order valence-corrected chi connectivity index (χ0v) is 5.09. The van der Waals surface area contributed by atoms with Crippen molar-refractivity contribution in [3.63, 3.8) is 0 Å². The fraction of sp³-hybridized carbons (Fsp3) is 0.833. The van der Waals surface area contributed by atoms with E-state index < -0.39 is 12.0 Å². The van der Waals surface area contributed by atoms with Crippen LogP contribution in [0.3, 0.4) is 0 Å². The third kappa shape index (κ3) is 3.97. The van der Waals surface area contributed by atoms with Crippen LogP contribution in [0.2, 0.25) is 0 Å². The largest absolute Gasteiger partial charge is 0.480 e. The minimum Gasteiger partial charge on any atom is -0.480 e. The molecule has 0 fully saturated rings. The quantitative estimate of drug-likeness (QED) is 0.582. The van der Waals surface area contributed by atoms with E-state index >= 15 is 0 Å². The topological polar surface area (TPSA) is 63.3 Å². The van der Waals surface area contributed by atoms with Crippen LogP contribution in [0.4, 0.5) is 0 Å². The van der Waals surface area contributed by atoms with Crippen molar-refractivity contribution < 1.29 is 9.90 Å². The molecule has 0 rings (SSSR count). The average Bonchev–Trinajstić information content (AvgIpc) is 1.64. The van der Waals surface area contributed by atoms with E-state index in [1.54, 1.807) is 13.8 Å². The zero-order chi connectivity index (χ0) is 6.73. The molecule has 0 bridgehead atoms. The van der Waals surface area contributed by atoms with Crippen LogP contribution in [-0.4, -0.2) is 17.1 Å². The highest BCUT2D eigenvalue weighted by Crippen LogP contribution is 1.96. The van der Waals surface area contributed by atoms with Gasteiger partial charge in [0.25, 0.3) is 0 Å². The number of aliphatic carboxylic acids is 1. The zero-order valence-electron chi connectivity index (χ0n) is 5.09. The molecule has 9 heavy (non-hydrogen) atoms. The summed E-state index contributed by atoms with van der Waals surface area (Å²) in [6.07, 6.45) is 0. The molecule has 0 aromatic carbocycles. The van der Waals surface area contributed by atoms with Crippen LogP contribution in [0, 0.1) is 5.92 Å². The van der Waals surface area contributed by atoms with E-state index in [9.17, 15) is 4.79 Å².